The molecule has 2 aliphatic rings. The third-order valence-corrected chi connectivity index (χ3v) is 10.8. The third kappa shape index (κ3) is 8.34. The van der Waals surface area contributed by atoms with Gasteiger partial charge in [0.05, 0.1) is 10.6 Å². The second kappa shape index (κ2) is 15.3. The zero-order valence-electron chi connectivity index (χ0n) is 26.8. The maximum absolute atomic E-state index is 14.6. The number of amides is 2. The molecule has 1 fully saturated rings. The lowest BCUT2D eigenvalue weighted by Gasteiger charge is -2.34. The van der Waals surface area contributed by atoms with Crippen molar-refractivity contribution in [3.05, 3.63) is 119 Å². The molecule has 1 aliphatic carbocycles. The van der Waals surface area contributed by atoms with E-state index in [0.717, 1.165) is 47.7 Å². The fourth-order valence-electron chi connectivity index (χ4n) is 6.16. The van der Waals surface area contributed by atoms with E-state index in [4.69, 9.17) is 21.1 Å². The number of hydrogen-bond donors (Lipinski definition) is 1. The Morgan fingerprint density at radius 3 is 2.22 bits per heavy atom. The SMILES string of the molecule is O=C(NC1CCCC1)[C@@H](Cc1ccccc1)N(Cc1ccc(Cl)cc1)C(=O)CN(c1ccc(F)cc1)S(=O)(=O)c1ccc2c(c1)OCCO2. The Labute approximate surface area is 290 Å². The topological polar surface area (TPSA) is 105 Å². The maximum Gasteiger partial charge on any atom is 0.264 e. The number of carbonyl (C=O) groups excluding carboxylic acids is 2. The van der Waals surface area contributed by atoms with Crippen LogP contribution >= 0.6 is 11.6 Å². The van der Waals surface area contributed by atoms with Gasteiger partial charge < -0.3 is 19.7 Å². The molecule has 1 heterocycles. The number of carbonyl (C=O) groups is 2. The summed E-state index contributed by atoms with van der Waals surface area (Å²) in [5, 5.41) is 3.66. The van der Waals surface area contributed by atoms with Gasteiger partial charge in [-0.25, -0.2) is 12.8 Å². The Morgan fingerprint density at radius 1 is 0.857 bits per heavy atom. The maximum atomic E-state index is 14.6. The van der Waals surface area contributed by atoms with Crippen LogP contribution in [-0.4, -0.2) is 57.0 Å². The number of fused-ring (bicyclic) bond motifs is 1. The minimum absolute atomic E-state index is 0.00686. The quantitative estimate of drug-likeness (QED) is 0.190. The van der Waals surface area contributed by atoms with Gasteiger partial charge in [-0.15, -0.1) is 0 Å². The van der Waals surface area contributed by atoms with Crippen molar-refractivity contribution in [1.29, 1.82) is 0 Å². The van der Waals surface area contributed by atoms with E-state index in [9.17, 15) is 22.4 Å². The molecule has 0 radical (unpaired) electrons. The average Bonchev–Trinajstić information content (AvgIpc) is 3.63. The normalized spacial score (nSPS) is 15.0. The number of benzene rings is 4. The van der Waals surface area contributed by atoms with Gasteiger partial charge in [-0.2, -0.15) is 0 Å². The van der Waals surface area contributed by atoms with E-state index in [1.165, 1.54) is 35.2 Å². The molecule has 256 valence electrons. The van der Waals surface area contributed by atoms with Crippen molar-refractivity contribution >= 4 is 39.1 Å². The molecule has 0 bridgehead atoms. The summed E-state index contributed by atoms with van der Waals surface area (Å²) in [7, 11) is -4.42. The predicted molar refractivity (Wildman–Crippen MR) is 185 cm³/mol. The van der Waals surface area contributed by atoms with Gasteiger partial charge in [0.1, 0.15) is 31.6 Å². The fourth-order valence-corrected chi connectivity index (χ4v) is 7.71. The van der Waals surface area contributed by atoms with Crippen LogP contribution in [0.3, 0.4) is 0 Å². The zero-order valence-corrected chi connectivity index (χ0v) is 28.3. The second-order valence-corrected chi connectivity index (χ2v) is 14.4. The summed E-state index contributed by atoms with van der Waals surface area (Å²) in [6.45, 7) is -0.0792. The van der Waals surface area contributed by atoms with Gasteiger partial charge in [-0.3, -0.25) is 13.9 Å². The van der Waals surface area contributed by atoms with Gasteiger partial charge in [0.25, 0.3) is 10.0 Å². The first-order valence-electron chi connectivity index (χ1n) is 16.2. The van der Waals surface area contributed by atoms with Gasteiger partial charge in [-0.05, 0) is 72.5 Å². The molecule has 1 aliphatic heterocycles. The predicted octanol–water partition coefficient (Wildman–Crippen LogP) is 6.14. The smallest absolute Gasteiger partial charge is 0.264 e. The lowest BCUT2D eigenvalue weighted by molar-refractivity contribution is -0.140. The molecule has 9 nitrogen and oxygen atoms in total. The van der Waals surface area contributed by atoms with E-state index in [0.29, 0.717) is 22.9 Å². The molecule has 49 heavy (non-hydrogen) atoms. The number of hydrogen-bond acceptors (Lipinski definition) is 6. The average molecular weight is 706 g/mol. The highest BCUT2D eigenvalue weighted by Crippen LogP contribution is 2.34. The minimum atomic E-state index is -4.42. The molecule has 4 aromatic rings. The molecule has 4 aromatic carbocycles. The summed E-state index contributed by atoms with van der Waals surface area (Å²) in [4.78, 5) is 30.0. The van der Waals surface area contributed by atoms with E-state index in [-0.39, 0.29) is 47.9 Å². The van der Waals surface area contributed by atoms with Crippen LogP contribution in [-0.2, 0) is 32.6 Å². The molecule has 1 atom stereocenters. The summed E-state index contributed by atoms with van der Waals surface area (Å²) in [6, 6.07) is 24.4. The van der Waals surface area contributed by atoms with Gasteiger partial charge in [0, 0.05) is 30.1 Å². The summed E-state index contributed by atoms with van der Waals surface area (Å²) >= 11 is 6.17. The highest BCUT2D eigenvalue weighted by atomic mass is 35.5. The molecule has 12 heteroatoms. The number of sulfonamides is 1. The third-order valence-electron chi connectivity index (χ3n) is 8.73. The van der Waals surface area contributed by atoms with E-state index in [1.807, 2.05) is 30.3 Å². The number of nitrogens with one attached hydrogen (secondary N) is 1. The molecule has 1 N–H and O–H groups in total. The van der Waals surface area contributed by atoms with Crippen LogP contribution < -0.4 is 19.1 Å². The highest BCUT2D eigenvalue weighted by Gasteiger charge is 2.36. The fraction of sp³-hybridized carbons (Fsp3) is 0.297. The first kappa shape index (κ1) is 34.3. The Hall–Kier alpha value is -4.61. The second-order valence-electron chi connectivity index (χ2n) is 12.1. The largest absolute Gasteiger partial charge is 0.486 e. The van der Waals surface area contributed by atoms with E-state index >= 15 is 0 Å². The Balaban J connectivity index is 1.39. The summed E-state index contributed by atoms with van der Waals surface area (Å²) < 4.78 is 54.9. The highest BCUT2D eigenvalue weighted by molar-refractivity contribution is 7.92. The molecular weight excluding hydrogens is 669 g/mol. The van der Waals surface area contributed by atoms with Crippen LogP contribution in [0.2, 0.25) is 5.02 Å². The number of halogens is 2. The Bertz CT molecular complexity index is 1870. The van der Waals surface area contributed by atoms with Gasteiger partial charge in [0.15, 0.2) is 11.5 Å². The van der Waals surface area contributed by atoms with Gasteiger partial charge in [0.2, 0.25) is 11.8 Å². The first-order valence-corrected chi connectivity index (χ1v) is 18.1. The Kier molecular flexibility index (Phi) is 10.7. The van der Waals surface area contributed by atoms with Crippen molar-refractivity contribution in [3.8, 4) is 11.5 Å². The lowest BCUT2D eigenvalue weighted by Crippen LogP contribution is -2.54. The van der Waals surface area contributed by atoms with Crippen molar-refractivity contribution < 1.29 is 31.9 Å². The molecule has 0 saturated heterocycles. The monoisotopic (exact) mass is 705 g/mol. The van der Waals surface area contributed by atoms with Crippen molar-refractivity contribution in [2.24, 2.45) is 0 Å². The van der Waals surface area contributed by atoms with Gasteiger partial charge >= 0.3 is 0 Å². The number of anilines is 1. The van der Waals surface area contributed by atoms with Crippen LogP contribution in [0.15, 0.2) is 102 Å². The summed E-state index contributed by atoms with van der Waals surface area (Å²) in [5.41, 5.74) is 1.61. The van der Waals surface area contributed by atoms with Crippen LogP contribution in [0.1, 0.15) is 36.8 Å². The van der Waals surface area contributed by atoms with Crippen molar-refractivity contribution in [3.63, 3.8) is 0 Å². The van der Waals surface area contributed by atoms with Crippen LogP contribution in [0.4, 0.5) is 10.1 Å². The van der Waals surface area contributed by atoms with Crippen molar-refractivity contribution in [2.75, 3.05) is 24.1 Å². The number of rotatable bonds is 12. The standard InChI is InChI=1S/C37H37ClFN3O6S/c38-28-12-10-27(11-13-28)24-41(33(22-26-6-2-1-3-7-26)37(44)40-30-8-4-5-9-30)36(43)25-42(31-16-14-29(39)15-17-31)49(45,46)32-18-19-34-35(23-32)48-21-20-47-34/h1-3,6-7,10-19,23,30,33H,4-5,8-9,20-22,24-25H2,(H,40,44)/t33-/m1/s1. The van der Waals surface area contributed by atoms with Gasteiger partial charge in [-0.1, -0.05) is 66.9 Å². The van der Waals surface area contributed by atoms with E-state index < -0.39 is 34.3 Å². The molecule has 0 aromatic heterocycles. The van der Waals surface area contributed by atoms with Crippen molar-refractivity contribution in [1.82, 2.24) is 10.2 Å². The summed E-state index contributed by atoms with van der Waals surface area (Å²) in [6.07, 6.45) is 3.91. The summed E-state index contributed by atoms with van der Waals surface area (Å²) in [5.74, 6) is -0.846. The van der Waals surface area contributed by atoms with Crippen LogP contribution in [0, 0.1) is 5.82 Å². The van der Waals surface area contributed by atoms with Crippen LogP contribution in [0.25, 0.3) is 0 Å². The lowest BCUT2D eigenvalue weighted by atomic mass is 10.0. The number of nitrogens with zero attached hydrogens (tertiary/aromatic N) is 2. The molecule has 2 amide bonds. The molecular formula is C37H37ClFN3O6S. The molecule has 0 spiro atoms. The first-order chi connectivity index (χ1) is 23.7. The Morgan fingerprint density at radius 2 is 1.53 bits per heavy atom. The van der Waals surface area contributed by atoms with E-state index in [2.05, 4.69) is 5.32 Å². The van der Waals surface area contributed by atoms with E-state index in [1.54, 1.807) is 24.3 Å². The minimum Gasteiger partial charge on any atom is -0.486 e. The number of ether oxygens (including phenoxy) is 2. The van der Waals surface area contributed by atoms with Crippen molar-refractivity contribution in [2.45, 2.75) is 55.6 Å². The zero-order chi connectivity index (χ0) is 34.4. The molecule has 6 rings (SSSR count). The van der Waals surface area contributed by atoms with Crippen LogP contribution in [0.5, 0.6) is 11.5 Å². The molecule has 1 saturated carbocycles. The molecule has 0 unspecified atom stereocenters.